The van der Waals surface area contributed by atoms with Gasteiger partial charge in [0.2, 0.25) is 0 Å². The molecule has 3 atom stereocenters. The Kier molecular flexibility index (Phi) is 3.65. The van der Waals surface area contributed by atoms with Crippen molar-refractivity contribution in [3.05, 3.63) is 71.5 Å². The van der Waals surface area contributed by atoms with Crippen LogP contribution in [0.15, 0.2) is 59.0 Å². The number of rotatable bonds is 4. The minimum atomic E-state index is -0.748. The van der Waals surface area contributed by atoms with Gasteiger partial charge in [0, 0.05) is 18.4 Å². The van der Waals surface area contributed by atoms with Crippen molar-refractivity contribution in [2.75, 3.05) is 6.54 Å². The molecule has 0 amide bonds. The summed E-state index contributed by atoms with van der Waals surface area (Å²) in [7, 11) is 0. The smallest absolute Gasteiger partial charge is 0.135 e. The maximum Gasteiger partial charge on any atom is 0.135 e. The highest BCUT2D eigenvalue weighted by Crippen LogP contribution is 2.32. The van der Waals surface area contributed by atoms with Crippen LogP contribution in [0.4, 0.5) is 0 Å². The number of hydrogen-bond donors (Lipinski definition) is 3. The Labute approximate surface area is 134 Å². The zero-order valence-corrected chi connectivity index (χ0v) is 12.6. The molecule has 118 valence electrons. The monoisotopic (exact) mass is 309 g/mol. The SMILES string of the molecule is OC(CN[C@H]1c2ccccc2C[C@H]1O)c1cc2ccccc2o1. The molecule has 0 saturated heterocycles. The highest BCUT2D eigenvalue weighted by atomic mass is 16.4. The first-order valence-corrected chi connectivity index (χ1v) is 7.88. The second-order valence-electron chi connectivity index (χ2n) is 6.06. The normalized spacial score (nSPS) is 21.5. The maximum atomic E-state index is 10.4. The zero-order valence-electron chi connectivity index (χ0n) is 12.6. The van der Waals surface area contributed by atoms with E-state index in [0.717, 1.165) is 22.1 Å². The standard InChI is InChI=1S/C19H19NO3/c21-15-9-12-5-1-3-7-14(12)19(15)20-11-16(22)18-10-13-6-2-4-8-17(13)23-18/h1-8,10,15-16,19-22H,9,11H2/t15-,16?,19+/m1/s1. The molecule has 1 heterocycles. The van der Waals surface area contributed by atoms with Crippen LogP contribution in [0.3, 0.4) is 0 Å². The summed E-state index contributed by atoms with van der Waals surface area (Å²) in [5, 5.41) is 24.9. The number of aliphatic hydroxyl groups is 2. The molecule has 4 heteroatoms. The average Bonchev–Trinajstić information content (AvgIpc) is 3.13. The fraction of sp³-hybridized carbons (Fsp3) is 0.263. The van der Waals surface area contributed by atoms with Crippen LogP contribution in [0.25, 0.3) is 11.0 Å². The van der Waals surface area contributed by atoms with E-state index in [-0.39, 0.29) is 6.04 Å². The van der Waals surface area contributed by atoms with Crippen molar-refractivity contribution in [2.24, 2.45) is 0 Å². The number of nitrogens with one attached hydrogen (secondary N) is 1. The van der Waals surface area contributed by atoms with Crippen molar-refractivity contribution in [3.8, 4) is 0 Å². The molecule has 1 aliphatic carbocycles. The van der Waals surface area contributed by atoms with Crippen LogP contribution in [0, 0.1) is 0 Å². The quantitative estimate of drug-likeness (QED) is 0.693. The molecule has 0 aliphatic heterocycles. The van der Waals surface area contributed by atoms with Gasteiger partial charge < -0.3 is 19.9 Å². The van der Waals surface area contributed by atoms with E-state index in [1.54, 1.807) is 0 Å². The van der Waals surface area contributed by atoms with Gasteiger partial charge in [0.15, 0.2) is 0 Å². The van der Waals surface area contributed by atoms with E-state index in [2.05, 4.69) is 5.32 Å². The molecule has 0 spiro atoms. The van der Waals surface area contributed by atoms with Crippen LogP contribution in [-0.2, 0) is 6.42 Å². The Morgan fingerprint density at radius 3 is 2.78 bits per heavy atom. The topological polar surface area (TPSA) is 65.6 Å². The number of furan rings is 1. The van der Waals surface area contributed by atoms with Crippen LogP contribution in [-0.4, -0.2) is 22.9 Å². The van der Waals surface area contributed by atoms with Gasteiger partial charge in [-0.2, -0.15) is 0 Å². The Morgan fingerprint density at radius 2 is 1.91 bits per heavy atom. The highest BCUT2D eigenvalue weighted by molar-refractivity contribution is 5.77. The second-order valence-corrected chi connectivity index (χ2v) is 6.06. The number of benzene rings is 2. The second kappa shape index (κ2) is 5.81. The molecule has 1 unspecified atom stereocenters. The minimum Gasteiger partial charge on any atom is -0.458 e. The molecule has 2 aromatic carbocycles. The lowest BCUT2D eigenvalue weighted by molar-refractivity contribution is 0.112. The molecule has 23 heavy (non-hydrogen) atoms. The Bertz CT molecular complexity index is 793. The van der Waals surface area contributed by atoms with Crippen LogP contribution in [0.1, 0.15) is 29.0 Å². The molecule has 4 rings (SSSR count). The van der Waals surface area contributed by atoms with Gasteiger partial charge in [-0.05, 0) is 23.3 Å². The third-order valence-electron chi connectivity index (χ3n) is 4.51. The lowest BCUT2D eigenvalue weighted by Gasteiger charge is -2.19. The first kappa shape index (κ1) is 14.5. The number of aliphatic hydroxyl groups excluding tert-OH is 2. The van der Waals surface area contributed by atoms with Crippen LogP contribution < -0.4 is 5.32 Å². The zero-order chi connectivity index (χ0) is 15.8. The third-order valence-corrected chi connectivity index (χ3v) is 4.51. The van der Waals surface area contributed by atoms with E-state index in [1.165, 1.54) is 0 Å². The van der Waals surface area contributed by atoms with Gasteiger partial charge in [-0.1, -0.05) is 42.5 Å². The van der Waals surface area contributed by atoms with Crippen molar-refractivity contribution in [3.63, 3.8) is 0 Å². The minimum absolute atomic E-state index is 0.148. The largest absolute Gasteiger partial charge is 0.458 e. The van der Waals surface area contributed by atoms with E-state index in [9.17, 15) is 10.2 Å². The summed E-state index contributed by atoms with van der Waals surface area (Å²) in [4.78, 5) is 0. The molecule has 0 radical (unpaired) electrons. The summed E-state index contributed by atoms with van der Waals surface area (Å²) < 4.78 is 5.69. The fourth-order valence-electron chi connectivity index (χ4n) is 3.33. The number of fused-ring (bicyclic) bond motifs is 2. The van der Waals surface area contributed by atoms with Gasteiger partial charge in [-0.15, -0.1) is 0 Å². The summed E-state index contributed by atoms with van der Waals surface area (Å²) in [5.41, 5.74) is 3.04. The predicted molar refractivity (Wildman–Crippen MR) is 88.1 cm³/mol. The summed E-state index contributed by atoms with van der Waals surface area (Å²) in [5.74, 6) is 0.541. The van der Waals surface area contributed by atoms with Crippen molar-refractivity contribution in [1.29, 1.82) is 0 Å². The molecule has 1 aromatic heterocycles. The van der Waals surface area contributed by atoms with Gasteiger partial charge in [-0.3, -0.25) is 0 Å². The summed E-state index contributed by atoms with van der Waals surface area (Å²) >= 11 is 0. The van der Waals surface area contributed by atoms with Crippen molar-refractivity contribution in [1.82, 2.24) is 5.32 Å². The molecule has 0 fully saturated rings. The van der Waals surface area contributed by atoms with Crippen molar-refractivity contribution in [2.45, 2.75) is 24.7 Å². The molecule has 3 N–H and O–H groups in total. The Morgan fingerprint density at radius 1 is 1.13 bits per heavy atom. The molecule has 1 aliphatic rings. The van der Waals surface area contributed by atoms with Crippen molar-refractivity contribution >= 4 is 11.0 Å². The Balaban J connectivity index is 1.48. The maximum absolute atomic E-state index is 10.4. The first-order chi connectivity index (χ1) is 11.2. The summed E-state index contributed by atoms with van der Waals surface area (Å²) in [6, 6.07) is 17.4. The van der Waals surface area contributed by atoms with Gasteiger partial charge in [0.1, 0.15) is 17.4 Å². The molecule has 3 aromatic rings. The van der Waals surface area contributed by atoms with E-state index in [1.807, 2.05) is 54.6 Å². The van der Waals surface area contributed by atoms with Crippen LogP contribution in [0.2, 0.25) is 0 Å². The van der Waals surface area contributed by atoms with E-state index in [4.69, 9.17) is 4.42 Å². The predicted octanol–water partition coefficient (Wildman–Crippen LogP) is 2.71. The van der Waals surface area contributed by atoms with Gasteiger partial charge in [0.05, 0.1) is 12.1 Å². The van der Waals surface area contributed by atoms with E-state index in [0.29, 0.717) is 18.7 Å². The van der Waals surface area contributed by atoms with Gasteiger partial charge >= 0.3 is 0 Å². The summed E-state index contributed by atoms with van der Waals surface area (Å²) in [6.07, 6.45) is -0.563. The molecular formula is C19H19NO3. The Hall–Kier alpha value is -2.14. The highest BCUT2D eigenvalue weighted by Gasteiger charge is 2.30. The van der Waals surface area contributed by atoms with Gasteiger partial charge in [0.25, 0.3) is 0 Å². The number of para-hydroxylation sites is 1. The lowest BCUT2D eigenvalue weighted by atomic mass is 10.1. The van der Waals surface area contributed by atoms with Crippen molar-refractivity contribution < 1.29 is 14.6 Å². The van der Waals surface area contributed by atoms with Crippen LogP contribution in [0.5, 0.6) is 0 Å². The molecular weight excluding hydrogens is 290 g/mol. The molecule has 0 bridgehead atoms. The average molecular weight is 309 g/mol. The lowest BCUT2D eigenvalue weighted by Crippen LogP contribution is -2.32. The van der Waals surface area contributed by atoms with E-state index >= 15 is 0 Å². The third kappa shape index (κ3) is 2.65. The summed E-state index contributed by atoms with van der Waals surface area (Å²) in [6.45, 7) is 0.329. The first-order valence-electron chi connectivity index (χ1n) is 7.88. The number of hydrogen-bond acceptors (Lipinski definition) is 4. The molecule has 4 nitrogen and oxygen atoms in total. The fourth-order valence-corrected chi connectivity index (χ4v) is 3.33. The molecule has 0 saturated carbocycles. The van der Waals surface area contributed by atoms with E-state index < -0.39 is 12.2 Å². The van der Waals surface area contributed by atoms with Crippen LogP contribution >= 0.6 is 0 Å². The van der Waals surface area contributed by atoms with Gasteiger partial charge in [-0.25, -0.2) is 0 Å².